The Bertz CT molecular complexity index is 1500. The molecule has 0 saturated heterocycles. The van der Waals surface area contributed by atoms with Gasteiger partial charge in [-0.05, 0) is 48.4 Å². The number of nitrogens with zero attached hydrogens (tertiary/aromatic N) is 1. The number of H-pyrrole nitrogens is 1. The van der Waals surface area contributed by atoms with E-state index < -0.39 is 27.7 Å². The number of hydrogen-bond acceptors (Lipinski definition) is 4. The molecule has 0 fully saturated rings. The van der Waals surface area contributed by atoms with Gasteiger partial charge < -0.3 is 14.5 Å². The van der Waals surface area contributed by atoms with E-state index in [2.05, 4.69) is 4.98 Å². The average molecular weight is 485 g/mol. The number of hydrogen-bond donors (Lipinski definition) is 1. The summed E-state index contributed by atoms with van der Waals surface area (Å²) in [6, 6.07) is 14.0. The highest BCUT2D eigenvalue weighted by atomic mass is 32.2. The van der Waals surface area contributed by atoms with Gasteiger partial charge in [0, 0.05) is 34.8 Å². The van der Waals surface area contributed by atoms with Gasteiger partial charge in [0.1, 0.15) is 28.0 Å². The Kier molecular flexibility index (Phi) is 5.53. The Hall–Kier alpha value is -3.43. The summed E-state index contributed by atoms with van der Waals surface area (Å²) in [7, 11) is -1.42. The smallest absolute Gasteiger partial charge is 0.247 e. The first kappa shape index (κ1) is 22.4. The predicted octanol–water partition coefficient (Wildman–Crippen LogP) is 4.80. The second kappa shape index (κ2) is 8.41. The molecule has 1 atom stereocenters. The van der Waals surface area contributed by atoms with Gasteiger partial charge in [-0.25, -0.2) is 17.2 Å². The number of fused-ring (bicyclic) bond motifs is 3. The van der Waals surface area contributed by atoms with E-state index in [-0.39, 0.29) is 22.8 Å². The molecule has 34 heavy (non-hydrogen) atoms. The van der Waals surface area contributed by atoms with E-state index in [1.165, 1.54) is 30.7 Å². The molecule has 1 aliphatic heterocycles. The monoisotopic (exact) mass is 484 g/mol. The van der Waals surface area contributed by atoms with Gasteiger partial charge in [-0.3, -0.25) is 0 Å². The molecule has 2 heterocycles. The summed E-state index contributed by atoms with van der Waals surface area (Å²) < 4.78 is 69.1. The summed E-state index contributed by atoms with van der Waals surface area (Å²) in [6.45, 7) is 0.0676. The minimum absolute atomic E-state index is 0.0676. The molecule has 1 aromatic heterocycles. The maximum absolute atomic E-state index is 15.1. The number of halogens is 2. The van der Waals surface area contributed by atoms with Crippen molar-refractivity contribution in [3.8, 4) is 11.5 Å². The predicted molar refractivity (Wildman–Crippen MR) is 124 cm³/mol. The van der Waals surface area contributed by atoms with Crippen LogP contribution in [0.3, 0.4) is 0 Å². The second-order valence-corrected chi connectivity index (χ2v) is 9.87. The molecule has 0 bridgehead atoms. The van der Waals surface area contributed by atoms with E-state index in [9.17, 15) is 12.8 Å². The fraction of sp³-hybridized carbons (Fsp3) is 0.200. The van der Waals surface area contributed by atoms with Crippen LogP contribution in [0.4, 0.5) is 8.78 Å². The van der Waals surface area contributed by atoms with Crippen LogP contribution in [0.15, 0.2) is 65.6 Å². The van der Waals surface area contributed by atoms with Gasteiger partial charge >= 0.3 is 0 Å². The molecule has 0 spiro atoms. The van der Waals surface area contributed by atoms with Crippen molar-refractivity contribution in [2.75, 3.05) is 20.8 Å². The molecule has 9 heteroatoms. The van der Waals surface area contributed by atoms with Crippen LogP contribution in [0.1, 0.15) is 22.9 Å². The van der Waals surface area contributed by atoms with Crippen LogP contribution in [0.5, 0.6) is 11.5 Å². The molecule has 5 rings (SSSR count). The molecule has 4 aromatic rings. The quantitative estimate of drug-likeness (QED) is 0.442. The Morgan fingerprint density at radius 3 is 2.56 bits per heavy atom. The van der Waals surface area contributed by atoms with E-state index in [4.69, 9.17) is 9.47 Å². The normalized spacial score (nSPS) is 16.4. The van der Waals surface area contributed by atoms with Crippen LogP contribution in [-0.2, 0) is 16.4 Å². The number of rotatable bonds is 5. The minimum atomic E-state index is -4.23. The van der Waals surface area contributed by atoms with Crippen LogP contribution in [-0.4, -0.2) is 38.5 Å². The van der Waals surface area contributed by atoms with Gasteiger partial charge in [0.25, 0.3) is 0 Å². The third-order valence-electron chi connectivity index (χ3n) is 6.20. The molecule has 0 radical (unpaired) electrons. The number of sulfonamides is 1. The Labute approximate surface area is 195 Å². The van der Waals surface area contributed by atoms with Crippen LogP contribution in [0.2, 0.25) is 0 Å². The molecular weight excluding hydrogens is 462 g/mol. The summed E-state index contributed by atoms with van der Waals surface area (Å²) in [5.41, 5.74) is 2.13. The van der Waals surface area contributed by atoms with Gasteiger partial charge in [-0.1, -0.05) is 18.2 Å². The van der Waals surface area contributed by atoms with Crippen molar-refractivity contribution in [3.05, 3.63) is 89.1 Å². The third kappa shape index (κ3) is 3.52. The first-order valence-corrected chi connectivity index (χ1v) is 12.1. The summed E-state index contributed by atoms with van der Waals surface area (Å²) in [5.74, 6) is -0.899. The van der Waals surface area contributed by atoms with Gasteiger partial charge in [0.05, 0.1) is 20.3 Å². The fourth-order valence-electron chi connectivity index (χ4n) is 4.62. The van der Waals surface area contributed by atoms with Crippen molar-refractivity contribution in [2.24, 2.45) is 0 Å². The number of methoxy groups -OCH3 is 2. The lowest BCUT2D eigenvalue weighted by atomic mass is 9.94. The van der Waals surface area contributed by atoms with Gasteiger partial charge in [-0.2, -0.15) is 4.31 Å². The molecule has 0 saturated carbocycles. The zero-order valence-electron chi connectivity index (χ0n) is 18.5. The molecule has 1 N–H and O–H groups in total. The number of aromatic nitrogens is 1. The zero-order valence-corrected chi connectivity index (χ0v) is 19.3. The Morgan fingerprint density at radius 2 is 1.79 bits per heavy atom. The lowest BCUT2D eigenvalue weighted by Gasteiger charge is -2.35. The van der Waals surface area contributed by atoms with Crippen molar-refractivity contribution in [1.82, 2.24) is 9.29 Å². The molecule has 6 nitrogen and oxygen atoms in total. The maximum atomic E-state index is 15.1. The van der Waals surface area contributed by atoms with Crippen molar-refractivity contribution >= 4 is 20.9 Å². The van der Waals surface area contributed by atoms with Crippen LogP contribution >= 0.6 is 0 Å². The van der Waals surface area contributed by atoms with Crippen LogP contribution in [0.25, 0.3) is 10.9 Å². The second-order valence-electron chi connectivity index (χ2n) is 8.01. The summed E-state index contributed by atoms with van der Waals surface area (Å²) in [4.78, 5) is 3.15. The topological polar surface area (TPSA) is 71.6 Å². The van der Waals surface area contributed by atoms with E-state index in [0.29, 0.717) is 17.9 Å². The van der Waals surface area contributed by atoms with E-state index in [1.807, 2.05) is 24.3 Å². The lowest BCUT2D eigenvalue weighted by molar-refractivity contribution is 0.328. The molecule has 0 aliphatic carbocycles. The standard InChI is InChI=1S/C25H22F2N2O4S/c1-32-16-8-10-22(33-2)23(14-16)34(30,31)29-12-11-18-17-5-3-4-6-21(17)28-24(18)25(29)19-13-15(26)7-9-20(19)27/h3-10,13-14,25,28H,11-12H2,1-2H3/t25-/m0/s1. The lowest BCUT2D eigenvalue weighted by Crippen LogP contribution is -2.41. The van der Waals surface area contributed by atoms with Gasteiger partial charge in [-0.15, -0.1) is 0 Å². The first-order valence-electron chi connectivity index (χ1n) is 10.6. The third-order valence-corrected chi connectivity index (χ3v) is 8.09. The van der Waals surface area contributed by atoms with Gasteiger partial charge in [0.2, 0.25) is 10.0 Å². The maximum Gasteiger partial charge on any atom is 0.247 e. The molecule has 3 aromatic carbocycles. The first-order chi connectivity index (χ1) is 16.3. The van der Waals surface area contributed by atoms with Gasteiger partial charge in [0.15, 0.2) is 0 Å². The number of nitrogens with one attached hydrogen (secondary N) is 1. The number of aromatic amines is 1. The average Bonchev–Trinajstić information content (AvgIpc) is 3.23. The van der Waals surface area contributed by atoms with Crippen molar-refractivity contribution in [3.63, 3.8) is 0 Å². The van der Waals surface area contributed by atoms with Crippen LogP contribution in [0, 0.1) is 11.6 Å². The fourth-order valence-corrected chi connectivity index (χ4v) is 6.38. The summed E-state index contributed by atoms with van der Waals surface area (Å²) >= 11 is 0. The zero-order chi connectivity index (χ0) is 24.0. The van der Waals surface area contributed by atoms with E-state index in [0.717, 1.165) is 34.7 Å². The van der Waals surface area contributed by atoms with Crippen molar-refractivity contribution < 1.29 is 26.7 Å². The molecule has 1 aliphatic rings. The van der Waals surface area contributed by atoms with E-state index in [1.54, 1.807) is 6.07 Å². The highest BCUT2D eigenvalue weighted by Crippen LogP contribution is 2.43. The summed E-state index contributed by atoms with van der Waals surface area (Å²) in [6.07, 6.45) is 0.401. The minimum Gasteiger partial charge on any atom is -0.497 e. The summed E-state index contributed by atoms with van der Waals surface area (Å²) in [5, 5.41) is 0.926. The number of benzene rings is 3. The van der Waals surface area contributed by atoms with Crippen molar-refractivity contribution in [1.29, 1.82) is 0 Å². The molecule has 0 amide bonds. The Morgan fingerprint density at radius 1 is 1.00 bits per heavy atom. The molecule has 176 valence electrons. The molecular formula is C25H22F2N2O4S. The largest absolute Gasteiger partial charge is 0.497 e. The van der Waals surface area contributed by atoms with Crippen LogP contribution < -0.4 is 9.47 Å². The van der Waals surface area contributed by atoms with E-state index >= 15 is 4.39 Å². The molecule has 0 unspecified atom stereocenters. The Balaban J connectivity index is 1.76. The number of para-hydroxylation sites is 1. The van der Waals surface area contributed by atoms with Crippen molar-refractivity contribution in [2.45, 2.75) is 17.4 Å². The highest BCUT2D eigenvalue weighted by Gasteiger charge is 2.41. The highest BCUT2D eigenvalue weighted by molar-refractivity contribution is 7.89. The SMILES string of the molecule is COc1ccc(OC)c(S(=O)(=O)N2CCc3c([nH]c4ccccc34)[C@@H]2c2cc(F)ccc2F)c1. The number of ether oxygens (including phenoxy) is 2.